The van der Waals surface area contributed by atoms with E-state index in [9.17, 15) is 0 Å². The van der Waals surface area contributed by atoms with Crippen LogP contribution in [0.5, 0.6) is 0 Å². The van der Waals surface area contributed by atoms with Crippen molar-refractivity contribution < 1.29 is 0 Å². The molecule has 12 heavy (non-hydrogen) atoms. The SMILES string of the molecule is C=C(/C=N\N1CCCC1)C(C)C. The molecule has 0 aliphatic carbocycles. The molecule has 0 saturated carbocycles. The Morgan fingerprint density at radius 2 is 2.00 bits per heavy atom. The summed E-state index contributed by atoms with van der Waals surface area (Å²) < 4.78 is 0. The Balaban J connectivity index is 2.33. The van der Waals surface area contributed by atoms with E-state index < -0.39 is 0 Å². The zero-order chi connectivity index (χ0) is 8.97. The molecular formula is C10H18N2. The van der Waals surface area contributed by atoms with E-state index in [0.717, 1.165) is 18.7 Å². The van der Waals surface area contributed by atoms with Crippen molar-refractivity contribution in [1.82, 2.24) is 5.01 Å². The lowest BCUT2D eigenvalue weighted by atomic mass is 10.1. The van der Waals surface area contributed by atoms with Crippen LogP contribution in [0, 0.1) is 5.92 Å². The van der Waals surface area contributed by atoms with Gasteiger partial charge in [-0.25, -0.2) is 0 Å². The summed E-state index contributed by atoms with van der Waals surface area (Å²) in [6.07, 6.45) is 4.47. The molecule has 0 amide bonds. The Morgan fingerprint density at radius 3 is 2.50 bits per heavy atom. The molecule has 1 aliphatic heterocycles. The van der Waals surface area contributed by atoms with Crippen molar-refractivity contribution in [3.05, 3.63) is 12.2 Å². The van der Waals surface area contributed by atoms with E-state index in [1.165, 1.54) is 12.8 Å². The average Bonchev–Trinajstić information content (AvgIpc) is 2.51. The van der Waals surface area contributed by atoms with Gasteiger partial charge in [-0.15, -0.1) is 0 Å². The van der Waals surface area contributed by atoms with Crippen molar-refractivity contribution in [2.75, 3.05) is 13.1 Å². The summed E-state index contributed by atoms with van der Waals surface area (Å²) >= 11 is 0. The smallest absolute Gasteiger partial charge is 0.0499 e. The van der Waals surface area contributed by atoms with E-state index in [1.807, 2.05) is 6.21 Å². The highest BCUT2D eigenvalue weighted by Crippen LogP contribution is 2.08. The Morgan fingerprint density at radius 1 is 1.42 bits per heavy atom. The van der Waals surface area contributed by atoms with E-state index >= 15 is 0 Å². The van der Waals surface area contributed by atoms with Gasteiger partial charge in [0, 0.05) is 19.3 Å². The number of hydrogen-bond donors (Lipinski definition) is 0. The number of hydrazone groups is 1. The van der Waals surface area contributed by atoms with Crippen molar-refractivity contribution in [3.8, 4) is 0 Å². The van der Waals surface area contributed by atoms with Gasteiger partial charge in [0.25, 0.3) is 0 Å². The van der Waals surface area contributed by atoms with Crippen molar-refractivity contribution in [2.24, 2.45) is 11.0 Å². The Hall–Kier alpha value is -0.790. The van der Waals surface area contributed by atoms with Crippen molar-refractivity contribution in [1.29, 1.82) is 0 Å². The second-order valence-electron chi connectivity index (χ2n) is 3.63. The van der Waals surface area contributed by atoms with Crippen LogP contribution in [0.1, 0.15) is 26.7 Å². The van der Waals surface area contributed by atoms with Crippen molar-refractivity contribution in [3.63, 3.8) is 0 Å². The van der Waals surface area contributed by atoms with Crippen LogP contribution >= 0.6 is 0 Å². The topological polar surface area (TPSA) is 15.6 Å². The van der Waals surface area contributed by atoms with Crippen LogP contribution in [0.2, 0.25) is 0 Å². The summed E-state index contributed by atoms with van der Waals surface area (Å²) in [6, 6.07) is 0. The first kappa shape index (κ1) is 9.30. The van der Waals surface area contributed by atoms with Crippen LogP contribution in [0.15, 0.2) is 17.3 Å². The first-order valence-electron chi connectivity index (χ1n) is 4.68. The lowest BCUT2D eigenvalue weighted by Crippen LogP contribution is -2.11. The fourth-order valence-electron chi connectivity index (χ4n) is 1.12. The van der Waals surface area contributed by atoms with Gasteiger partial charge in [0.15, 0.2) is 0 Å². The van der Waals surface area contributed by atoms with Gasteiger partial charge in [0.2, 0.25) is 0 Å². The summed E-state index contributed by atoms with van der Waals surface area (Å²) in [7, 11) is 0. The summed E-state index contributed by atoms with van der Waals surface area (Å²) in [5.41, 5.74) is 1.11. The Bertz CT molecular complexity index is 176. The van der Waals surface area contributed by atoms with Gasteiger partial charge in [-0.3, -0.25) is 5.01 Å². The van der Waals surface area contributed by atoms with Crippen LogP contribution in [-0.2, 0) is 0 Å². The normalized spacial score (nSPS) is 18.1. The van der Waals surface area contributed by atoms with Gasteiger partial charge in [-0.2, -0.15) is 5.10 Å². The largest absolute Gasteiger partial charge is 0.297 e. The molecule has 68 valence electrons. The van der Waals surface area contributed by atoms with E-state index in [4.69, 9.17) is 0 Å². The molecule has 0 atom stereocenters. The standard InChI is InChI=1S/C10H18N2/c1-9(2)10(3)8-11-12-6-4-5-7-12/h8-9H,3-7H2,1-2H3/b11-8-. The number of allylic oxidation sites excluding steroid dienone is 1. The molecule has 1 fully saturated rings. The Labute approximate surface area is 75.0 Å². The third-order valence-corrected chi connectivity index (χ3v) is 2.21. The molecule has 0 radical (unpaired) electrons. The minimum absolute atomic E-state index is 0.511. The zero-order valence-corrected chi connectivity index (χ0v) is 8.08. The zero-order valence-electron chi connectivity index (χ0n) is 8.08. The van der Waals surface area contributed by atoms with E-state index in [2.05, 4.69) is 30.5 Å². The predicted octanol–water partition coefficient (Wildman–Crippen LogP) is 2.28. The maximum atomic E-state index is 4.35. The maximum Gasteiger partial charge on any atom is 0.0499 e. The molecule has 1 saturated heterocycles. The van der Waals surface area contributed by atoms with Crippen LogP contribution in [0.25, 0.3) is 0 Å². The molecule has 1 rings (SSSR count). The summed E-state index contributed by atoms with van der Waals surface area (Å²) in [6.45, 7) is 10.4. The molecule has 1 heterocycles. The quantitative estimate of drug-likeness (QED) is 0.587. The molecule has 2 heteroatoms. The number of nitrogens with zero attached hydrogens (tertiary/aromatic N) is 2. The Kier molecular flexibility index (Phi) is 3.32. The van der Waals surface area contributed by atoms with Gasteiger partial charge in [0.1, 0.15) is 0 Å². The molecule has 2 nitrogen and oxygen atoms in total. The van der Waals surface area contributed by atoms with Crippen LogP contribution in [0.4, 0.5) is 0 Å². The average molecular weight is 166 g/mol. The number of hydrogen-bond acceptors (Lipinski definition) is 2. The van der Waals surface area contributed by atoms with E-state index in [0.29, 0.717) is 5.92 Å². The summed E-state index contributed by atoms with van der Waals surface area (Å²) in [5.74, 6) is 0.511. The maximum absolute atomic E-state index is 4.35. The highest BCUT2D eigenvalue weighted by Gasteiger charge is 2.07. The fourth-order valence-corrected chi connectivity index (χ4v) is 1.12. The molecule has 0 aromatic heterocycles. The third kappa shape index (κ3) is 2.68. The highest BCUT2D eigenvalue weighted by molar-refractivity contribution is 5.77. The van der Waals surface area contributed by atoms with E-state index in [1.54, 1.807) is 0 Å². The third-order valence-electron chi connectivity index (χ3n) is 2.21. The molecule has 0 N–H and O–H groups in total. The van der Waals surface area contributed by atoms with E-state index in [-0.39, 0.29) is 0 Å². The highest BCUT2D eigenvalue weighted by atomic mass is 15.5. The molecule has 0 aromatic carbocycles. The minimum atomic E-state index is 0.511. The van der Waals surface area contributed by atoms with Crippen LogP contribution in [-0.4, -0.2) is 24.3 Å². The summed E-state index contributed by atoms with van der Waals surface area (Å²) in [4.78, 5) is 0. The molecule has 0 unspecified atom stereocenters. The molecule has 0 aromatic rings. The number of rotatable bonds is 3. The van der Waals surface area contributed by atoms with Gasteiger partial charge in [0.05, 0.1) is 0 Å². The monoisotopic (exact) mass is 166 g/mol. The second kappa shape index (κ2) is 4.29. The van der Waals surface area contributed by atoms with Gasteiger partial charge >= 0.3 is 0 Å². The molecule has 1 aliphatic rings. The summed E-state index contributed by atoms with van der Waals surface area (Å²) in [5, 5.41) is 6.47. The van der Waals surface area contributed by atoms with Crippen LogP contribution in [0.3, 0.4) is 0 Å². The van der Waals surface area contributed by atoms with Crippen LogP contribution < -0.4 is 0 Å². The lowest BCUT2D eigenvalue weighted by Gasteiger charge is -2.10. The fraction of sp³-hybridized carbons (Fsp3) is 0.700. The first-order valence-corrected chi connectivity index (χ1v) is 4.68. The molecular weight excluding hydrogens is 148 g/mol. The van der Waals surface area contributed by atoms with Crippen molar-refractivity contribution >= 4 is 6.21 Å². The minimum Gasteiger partial charge on any atom is -0.297 e. The van der Waals surface area contributed by atoms with Gasteiger partial charge in [-0.1, -0.05) is 20.4 Å². The molecule has 0 spiro atoms. The first-order chi connectivity index (χ1) is 5.70. The predicted molar refractivity (Wildman–Crippen MR) is 53.3 cm³/mol. The van der Waals surface area contributed by atoms with Gasteiger partial charge < -0.3 is 0 Å². The lowest BCUT2D eigenvalue weighted by molar-refractivity contribution is 0.362. The van der Waals surface area contributed by atoms with Gasteiger partial charge in [-0.05, 0) is 24.3 Å². The van der Waals surface area contributed by atoms with Crippen molar-refractivity contribution in [2.45, 2.75) is 26.7 Å². The second-order valence-corrected chi connectivity index (χ2v) is 3.63. The molecule has 0 bridgehead atoms.